The van der Waals surface area contributed by atoms with Crippen LogP contribution in [0, 0.1) is 17.8 Å². The summed E-state index contributed by atoms with van der Waals surface area (Å²) in [6, 6.07) is 7.79. The maximum absolute atomic E-state index is 14.2. The van der Waals surface area contributed by atoms with Gasteiger partial charge in [-0.2, -0.15) is 0 Å². The number of aliphatic hydroxyl groups is 2. The summed E-state index contributed by atoms with van der Waals surface area (Å²) in [7, 11) is 6.78. The maximum Gasteiger partial charge on any atom is 0.240 e. The molecule has 1 heterocycles. The molecule has 1 aliphatic rings. The highest BCUT2D eigenvalue weighted by Crippen LogP contribution is 2.30. The Bertz CT molecular complexity index is 1270. The lowest BCUT2D eigenvalue weighted by Crippen LogP contribution is -2.65. The Labute approximate surface area is 318 Å². The summed E-state index contributed by atoms with van der Waals surface area (Å²) in [5.41, 5.74) is -0.259. The van der Waals surface area contributed by atoms with Gasteiger partial charge in [-0.15, -0.1) is 0 Å². The van der Waals surface area contributed by atoms with Crippen LogP contribution in [0.4, 0.5) is 0 Å². The average Bonchev–Trinajstić information content (AvgIpc) is 3.64. The van der Waals surface area contributed by atoms with Crippen molar-refractivity contribution in [3.05, 3.63) is 35.9 Å². The normalized spacial score (nSPS) is 20.0. The van der Waals surface area contributed by atoms with E-state index in [4.69, 9.17) is 9.47 Å². The smallest absolute Gasteiger partial charge is 0.240 e. The predicted octanol–water partition coefficient (Wildman–Crippen LogP) is 2.12. The molecule has 9 atom stereocenters. The lowest BCUT2D eigenvalue weighted by Gasteiger charge is -2.44. The molecular formula is C40H69N5O8. The zero-order valence-corrected chi connectivity index (χ0v) is 33.9. The molecule has 0 aromatic heterocycles. The van der Waals surface area contributed by atoms with Gasteiger partial charge in [-0.1, -0.05) is 78.3 Å². The average molecular weight is 748 g/mol. The van der Waals surface area contributed by atoms with E-state index in [2.05, 4.69) is 24.5 Å². The van der Waals surface area contributed by atoms with E-state index < -0.39 is 41.7 Å². The molecule has 1 aromatic carbocycles. The second-order valence-corrected chi connectivity index (χ2v) is 15.2. The summed E-state index contributed by atoms with van der Waals surface area (Å²) in [6.45, 7) is 12.2. The Morgan fingerprint density at radius 2 is 1.66 bits per heavy atom. The first-order chi connectivity index (χ1) is 25.2. The van der Waals surface area contributed by atoms with Crippen molar-refractivity contribution in [3.8, 4) is 0 Å². The number of ether oxygens (including phenoxy) is 2. The van der Waals surface area contributed by atoms with E-state index in [0.717, 1.165) is 24.7 Å². The minimum atomic E-state index is -1.26. The second-order valence-electron chi connectivity index (χ2n) is 15.2. The van der Waals surface area contributed by atoms with E-state index in [-0.39, 0.29) is 61.9 Å². The highest BCUT2D eigenvalue weighted by Gasteiger charge is 2.44. The summed E-state index contributed by atoms with van der Waals surface area (Å²) >= 11 is 0. The van der Waals surface area contributed by atoms with Crippen LogP contribution in [-0.2, 0) is 35.1 Å². The summed E-state index contributed by atoms with van der Waals surface area (Å²) in [4.78, 5) is 59.5. The fraction of sp³-hybridized carbons (Fsp3) is 0.750. The number of likely N-dealkylation sites (tertiary alicyclic amines) is 1. The third kappa shape index (κ3) is 12.3. The van der Waals surface area contributed by atoms with Gasteiger partial charge in [0.2, 0.25) is 17.7 Å². The number of carbonyl (C=O) groups is 4. The summed E-state index contributed by atoms with van der Waals surface area (Å²) in [6.07, 6.45) is 2.46. The molecule has 53 heavy (non-hydrogen) atoms. The molecule has 13 heteroatoms. The van der Waals surface area contributed by atoms with Crippen LogP contribution in [0.1, 0.15) is 72.8 Å². The number of amides is 3. The van der Waals surface area contributed by atoms with E-state index in [9.17, 15) is 29.4 Å². The lowest BCUT2D eigenvalue weighted by atomic mass is 9.84. The molecule has 1 fully saturated rings. The highest BCUT2D eigenvalue weighted by molar-refractivity contribution is 5.86. The van der Waals surface area contributed by atoms with E-state index in [1.807, 2.05) is 68.0 Å². The van der Waals surface area contributed by atoms with Crippen LogP contribution in [0.25, 0.3) is 0 Å². The van der Waals surface area contributed by atoms with Crippen molar-refractivity contribution in [2.45, 2.75) is 116 Å². The third-order valence-corrected chi connectivity index (χ3v) is 11.5. The van der Waals surface area contributed by atoms with Gasteiger partial charge in [-0.3, -0.25) is 24.2 Å². The Hall–Kier alpha value is -2.94. The topological polar surface area (TPSA) is 161 Å². The van der Waals surface area contributed by atoms with Gasteiger partial charge in [0.05, 0.1) is 49.8 Å². The van der Waals surface area contributed by atoms with Gasteiger partial charge in [0.1, 0.15) is 17.9 Å². The Morgan fingerprint density at radius 1 is 1.00 bits per heavy atom. The molecular weight excluding hydrogens is 678 g/mol. The third-order valence-electron chi connectivity index (χ3n) is 11.5. The number of hydrogen-bond acceptors (Lipinski definition) is 10. The molecule has 2 rings (SSSR count). The molecule has 0 bridgehead atoms. The zero-order valence-electron chi connectivity index (χ0n) is 33.9. The van der Waals surface area contributed by atoms with Crippen molar-refractivity contribution in [1.29, 1.82) is 0 Å². The zero-order chi connectivity index (χ0) is 39.9. The van der Waals surface area contributed by atoms with Crippen molar-refractivity contribution in [1.82, 2.24) is 25.3 Å². The number of nitrogens with one attached hydrogen (secondary N) is 2. The number of hydrogen-bond donors (Lipinski definition) is 4. The first kappa shape index (κ1) is 46.2. The van der Waals surface area contributed by atoms with Crippen molar-refractivity contribution < 1.29 is 38.9 Å². The van der Waals surface area contributed by atoms with Gasteiger partial charge >= 0.3 is 0 Å². The maximum atomic E-state index is 14.2. The molecule has 1 aromatic rings. The molecule has 302 valence electrons. The van der Waals surface area contributed by atoms with Gasteiger partial charge in [-0.25, -0.2) is 0 Å². The number of methoxy groups -OCH3 is 2. The molecule has 0 saturated carbocycles. The number of benzene rings is 1. The van der Waals surface area contributed by atoms with Crippen LogP contribution >= 0.6 is 0 Å². The summed E-state index contributed by atoms with van der Waals surface area (Å²) < 4.78 is 12.0. The molecule has 13 nitrogen and oxygen atoms in total. The van der Waals surface area contributed by atoms with Crippen molar-refractivity contribution >= 4 is 24.0 Å². The lowest BCUT2D eigenvalue weighted by molar-refractivity contribution is -0.143. The van der Waals surface area contributed by atoms with Crippen LogP contribution in [0.5, 0.6) is 0 Å². The van der Waals surface area contributed by atoms with Crippen LogP contribution in [0.15, 0.2) is 30.3 Å². The van der Waals surface area contributed by atoms with Crippen LogP contribution in [-0.4, -0.2) is 152 Å². The largest absolute Gasteiger partial charge is 0.394 e. The molecule has 1 saturated heterocycles. The minimum Gasteiger partial charge on any atom is -0.394 e. The van der Waals surface area contributed by atoms with Crippen molar-refractivity contribution in [2.75, 3.05) is 61.2 Å². The minimum absolute atomic E-state index is 0.0570. The second kappa shape index (κ2) is 22.4. The van der Waals surface area contributed by atoms with E-state index in [1.54, 1.807) is 33.1 Å². The number of nitrogens with zero attached hydrogens (tertiary/aromatic N) is 3. The van der Waals surface area contributed by atoms with Gasteiger partial charge in [0, 0.05) is 33.4 Å². The first-order valence-corrected chi connectivity index (χ1v) is 19.3. The van der Waals surface area contributed by atoms with Gasteiger partial charge in [0.25, 0.3) is 0 Å². The van der Waals surface area contributed by atoms with Crippen LogP contribution in [0.2, 0.25) is 0 Å². The summed E-state index contributed by atoms with van der Waals surface area (Å²) in [5, 5.41) is 26.0. The molecule has 0 radical (unpaired) electrons. The van der Waals surface area contributed by atoms with Gasteiger partial charge in [-0.05, 0) is 57.3 Å². The SMILES string of the molecule is CC[C@H](C)[C@@H]([C@@H](CC(=O)N1CCC[C@H]1[C@H](OC)[C@@H](C)C(=O)N[C@H](CO)Cc1ccccc1)OC)N(C)CC(C=O)(NC(=O)[C@H](CO)N(C)CC)C(C)C. The quantitative estimate of drug-likeness (QED) is 0.115. The Morgan fingerprint density at radius 3 is 2.17 bits per heavy atom. The van der Waals surface area contributed by atoms with Crippen molar-refractivity contribution in [2.24, 2.45) is 17.8 Å². The van der Waals surface area contributed by atoms with Gasteiger partial charge in [0.15, 0.2) is 0 Å². The molecule has 1 aliphatic heterocycles. The van der Waals surface area contributed by atoms with E-state index in [0.29, 0.717) is 25.9 Å². The fourth-order valence-corrected chi connectivity index (χ4v) is 7.68. The monoisotopic (exact) mass is 748 g/mol. The number of aldehydes is 1. The standard InChI is InChI=1S/C40H69N5O8/c1-11-28(5)36(44(8)25-40(26-48,27(3)4)42-39(51)33(24-47)43(7)12-2)34(52-9)22-35(49)45-20-16-19-32(45)37(53-10)29(6)38(50)41-31(23-46)21-30-17-14-13-15-18-30/h13-15,17-18,26-29,31-34,36-37,46-47H,11-12,16,19-25H2,1-10H3,(H,41,50)(H,42,51)/t28-,29+,31-,32-,33-,34+,36-,37+,40?/m0/s1. The molecule has 3 amide bonds. The van der Waals surface area contributed by atoms with Crippen molar-refractivity contribution in [3.63, 3.8) is 0 Å². The fourth-order valence-electron chi connectivity index (χ4n) is 7.68. The Balaban J connectivity index is 2.27. The number of rotatable bonds is 24. The Kier molecular flexibility index (Phi) is 19.6. The van der Waals surface area contributed by atoms with Crippen LogP contribution in [0.3, 0.4) is 0 Å². The highest BCUT2D eigenvalue weighted by atomic mass is 16.5. The van der Waals surface area contributed by atoms with E-state index in [1.165, 1.54) is 0 Å². The van der Waals surface area contributed by atoms with E-state index >= 15 is 0 Å². The number of aliphatic hydroxyl groups excluding tert-OH is 2. The summed E-state index contributed by atoms with van der Waals surface area (Å²) in [5.74, 6) is -1.60. The van der Waals surface area contributed by atoms with Crippen LogP contribution < -0.4 is 10.6 Å². The molecule has 0 spiro atoms. The predicted molar refractivity (Wildman–Crippen MR) is 206 cm³/mol. The molecule has 1 unspecified atom stereocenters. The molecule has 0 aliphatic carbocycles. The number of carbonyl (C=O) groups excluding carboxylic acids is 4. The first-order valence-electron chi connectivity index (χ1n) is 19.3. The number of likely N-dealkylation sites (N-methyl/N-ethyl adjacent to an activating group) is 2. The molecule has 4 N–H and O–H groups in total. The van der Waals surface area contributed by atoms with Gasteiger partial charge < -0.3 is 40.0 Å².